The van der Waals surface area contributed by atoms with Crippen molar-refractivity contribution in [2.75, 3.05) is 13.2 Å². The maximum atomic E-state index is 13.2. The number of rotatable bonds is 11. The topological polar surface area (TPSA) is 79.9 Å². The van der Waals surface area contributed by atoms with Crippen LogP contribution in [0.5, 0.6) is 0 Å². The Morgan fingerprint density at radius 1 is 1.37 bits per heavy atom. The maximum Gasteiger partial charge on any atom is 0.271 e. The van der Waals surface area contributed by atoms with Crippen molar-refractivity contribution < 1.29 is 19.2 Å². The number of ether oxygens (including phenoxy) is 1. The smallest absolute Gasteiger partial charge is 0.271 e. The van der Waals surface area contributed by atoms with Crippen molar-refractivity contribution in [2.45, 2.75) is 77.5 Å². The Balaban J connectivity index is 2.10. The number of hydroxylamine groups is 1. The fourth-order valence-corrected chi connectivity index (χ4v) is 3.79. The zero-order chi connectivity index (χ0) is 19.7. The summed E-state index contributed by atoms with van der Waals surface area (Å²) in [7, 11) is 0. The van der Waals surface area contributed by atoms with Crippen LogP contribution in [0.25, 0.3) is 0 Å². The molecule has 1 aliphatic carbocycles. The first-order valence-electron chi connectivity index (χ1n) is 10.2. The van der Waals surface area contributed by atoms with Gasteiger partial charge in [0.2, 0.25) is 0 Å². The van der Waals surface area contributed by atoms with Crippen LogP contribution in [0, 0.1) is 11.8 Å². The monoisotopic (exact) mass is 381 g/mol. The Kier molecular flexibility index (Phi) is 8.73. The first-order valence-corrected chi connectivity index (χ1v) is 10.2. The van der Waals surface area contributed by atoms with Crippen LogP contribution in [0.4, 0.5) is 0 Å². The minimum absolute atomic E-state index is 0.108. The van der Waals surface area contributed by atoms with Crippen LogP contribution in [0.3, 0.4) is 0 Å². The molecule has 2 aliphatic rings. The molecule has 154 valence electrons. The number of nitrogens with zero attached hydrogens (tertiary/aromatic N) is 1. The van der Waals surface area contributed by atoms with Crippen LogP contribution in [0.15, 0.2) is 12.3 Å². The Labute approximate surface area is 162 Å². The molecule has 0 aromatic heterocycles. The van der Waals surface area contributed by atoms with Crippen molar-refractivity contribution in [2.24, 2.45) is 11.8 Å². The molecule has 1 amide bonds. The molecule has 7 nitrogen and oxygen atoms in total. The fourth-order valence-electron chi connectivity index (χ4n) is 3.79. The third-order valence-electron chi connectivity index (χ3n) is 5.24. The molecule has 2 rings (SSSR count). The lowest BCUT2D eigenvalue weighted by atomic mass is 9.82. The third-order valence-corrected chi connectivity index (χ3v) is 5.24. The van der Waals surface area contributed by atoms with Crippen molar-refractivity contribution in [3.8, 4) is 0 Å². The summed E-state index contributed by atoms with van der Waals surface area (Å²) in [5.74, 6) is 0.508. The molecule has 1 aliphatic heterocycles. The Morgan fingerprint density at radius 3 is 2.70 bits per heavy atom. The van der Waals surface area contributed by atoms with Crippen LogP contribution in [0.2, 0.25) is 0 Å². The van der Waals surface area contributed by atoms with Gasteiger partial charge < -0.3 is 9.53 Å². The van der Waals surface area contributed by atoms with Gasteiger partial charge in [0.25, 0.3) is 5.91 Å². The van der Waals surface area contributed by atoms with E-state index in [9.17, 15) is 9.59 Å². The van der Waals surface area contributed by atoms with Gasteiger partial charge in [-0.1, -0.05) is 45.6 Å². The van der Waals surface area contributed by atoms with Crippen LogP contribution in [-0.4, -0.2) is 42.2 Å². The van der Waals surface area contributed by atoms with Gasteiger partial charge >= 0.3 is 0 Å². The second kappa shape index (κ2) is 10.8. The van der Waals surface area contributed by atoms with E-state index in [1.807, 2.05) is 17.3 Å². The quantitative estimate of drug-likeness (QED) is 0.325. The van der Waals surface area contributed by atoms with Crippen molar-refractivity contribution in [3.63, 3.8) is 0 Å². The van der Waals surface area contributed by atoms with Gasteiger partial charge in [-0.25, -0.2) is 15.7 Å². The summed E-state index contributed by atoms with van der Waals surface area (Å²) < 4.78 is 5.56. The lowest BCUT2D eigenvalue weighted by Crippen LogP contribution is -2.63. The SMILES string of the molecule is CC(C)COC(C)ONC(=O)C(CC=O)(CC1CCCC1)N1C=CCCN1. The number of aldehydes is 1. The first kappa shape index (κ1) is 21.9. The normalized spacial score (nSPS) is 21.3. The van der Waals surface area contributed by atoms with Gasteiger partial charge in [0.05, 0.1) is 6.61 Å². The second-order valence-corrected chi connectivity index (χ2v) is 8.05. The largest absolute Gasteiger partial charge is 0.350 e. The molecule has 1 fully saturated rings. The molecule has 0 saturated heterocycles. The van der Waals surface area contributed by atoms with Gasteiger partial charge in [-0.15, -0.1) is 0 Å². The minimum atomic E-state index is -0.995. The van der Waals surface area contributed by atoms with E-state index in [1.54, 1.807) is 6.92 Å². The maximum absolute atomic E-state index is 13.2. The highest BCUT2D eigenvalue weighted by Crippen LogP contribution is 2.36. The van der Waals surface area contributed by atoms with Crippen LogP contribution >= 0.6 is 0 Å². The first-order chi connectivity index (χ1) is 13.0. The van der Waals surface area contributed by atoms with Gasteiger partial charge in [-0.3, -0.25) is 9.80 Å². The van der Waals surface area contributed by atoms with E-state index in [-0.39, 0.29) is 12.3 Å². The summed E-state index contributed by atoms with van der Waals surface area (Å²) in [6.45, 7) is 7.14. The van der Waals surface area contributed by atoms with E-state index in [0.717, 1.165) is 32.1 Å². The fraction of sp³-hybridized carbons (Fsp3) is 0.800. The van der Waals surface area contributed by atoms with Crippen molar-refractivity contribution in [3.05, 3.63) is 12.3 Å². The zero-order valence-electron chi connectivity index (χ0n) is 16.9. The summed E-state index contributed by atoms with van der Waals surface area (Å²) in [6, 6.07) is 0. The van der Waals surface area contributed by atoms with E-state index >= 15 is 0 Å². The number of hydrogen-bond acceptors (Lipinski definition) is 6. The molecule has 0 spiro atoms. The lowest BCUT2D eigenvalue weighted by Gasteiger charge is -2.43. The summed E-state index contributed by atoms with van der Waals surface area (Å²) >= 11 is 0. The van der Waals surface area contributed by atoms with Gasteiger partial charge in [-0.2, -0.15) is 0 Å². The van der Waals surface area contributed by atoms with E-state index in [2.05, 4.69) is 24.8 Å². The molecule has 2 unspecified atom stereocenters. The molecule has 7 heteroatoms. The average Bonchev–Trinajstić information content (AvgIpc) is 3.17. The molecule has 27 heavy (non-hydrogen) atoms. The molecule has 1 heterocycles. The predicted molar refractivity (Wildman–Crippen MR) is 103 cm³/mol. The highest BCUT2D eigenvalue weighted by molar-refractivity contribution is 5.88. The van der Waals surface area contributed by atoms with E-state index in [0.29, 0.717) is 24.9 Å². The highest BCUT2D eigenvalue weighted by Gasteiger charge is 2.46. The highest BCUT2D eigenvalue weighted by atomic mass is 16.8. The Morgan fingerprint density at radius 2 is 2.11 bits per heavy atom. The summed E-state index contributed by atoms with van der Waals surface area (Å²) in [5, 5.41) is 1.81. The number of nitrogens with one attached hydrogen (secondary N) is 2. The van der Waals surface area contributed by atoms with E-state index in [1.165, 1.54) is 12.8 Å². The van der Waals surface area contributed by atoms with Gasteiger partial charge in [0.1, 0.15) is 11.8 Å². The Hall–Kier alpha value is -1.44. The molecule has 0 radical (unpaired) electrons. The van der Waals surface area contributed by atoms with E-state index in [4.69, 9.17) is 9.57 Å². The lowest BCUT2D eigenvalue weighted by molar-refractivity contribution is -0.191. The van der Waals surface area contributed by atoms with Gasteiger partial charge in [-0.05, 0) is 31.6 Å². The Bertz CT molecular complexity index is 505. The van der Waals surface area contributed by atoms with Crippen molar-refractivity contribution in [1.82, 2.24) is 15.9 Å². The molecule has 0 aromatic carbocycles. The molecule has 2 atom stereocenters. The number of carbonyl (C=O) groups excluding carboxylic acids is 2. The van der Waals surface area contributed by atoms with Crippen molar-refractivity contribution >= 4 is 12.2 Å². The summed E-state index contributed by atoms with van der Waals surface area (Å²) in [5.41, 5.74) is 4.84. The average molecular weight is 382 g/mol. The summed E-state index contributed by atoms with van der Waals surface area (Å²) in [6.07, 6.45) is 10.4. The molecule has 0 bridgehead atoms. The molecular weight excluding hydrogens is 346 g/mol. The number of carbonyl (C=O) groups is 2. The molecule has 1 saturated carbocycles. The van der Waals surface area contributed by atoms with Crippen LogP contribution in [0.1, 0.15) is 65.7 Å². The molecule has 2 N–H and O–H groups in total. The van der Waals surface area contributed by atoms with Crippen molar-refractivity contribution in [1.29, 1.82) is 0 Å². The molecule has 0 aromatic rings. The number of hydrogen-bond donors (Lipinski definition) is 2. The van der Waals surface area contributed by atoms with Gasteiger partial charge in [0.15, 0.2) is 6.29 Å². The minimum Gasteiger partial charge on any atom is -0.350 e. The summed E-state index contributed by atoms with van der Waals surface area (Å²) in [4.78, 5) is 30.2. The second-order valence-electron chi connectivity index (χ2n) is 8.05. The predicted octanol–water partition coefficient (Wildman–Crippen LogP) is 2.68. The molecular formula is C20H35N3O4. The third kappa shape index (κ3) is 6.30. The number of amides is 1. The number of hydrazine groups is 1. The standard InChI is InChI=1S/C20H35N3O4/c1-16(2)15-26-17(3)27-22-19(25)20(10-13-24,14-18-8-4-5-9-18)23-12-7-6-11-21-23/h7,12-13,16-18,21H,4-6,8-11,14-15H2,1-3H3,(H,22,25). The van der Waals surface area contributed by atoms with Crippen LogP contribution < -0.4 is 10.9 Å². The van der Waals surface area contributed by atoms with E-state index < -0.39 is 11.8 Å². The van der Waals surface area contributed by atoms with Gasteiger partial charge in [0, 0.05) is 19.2 Å². The van der Waals surface area contributed by atoms with Crippen LogP contribution in [-0.2, 0) is 19.2 Å². The zero-order valence-corrected chi connectivity index (χ0v) is 16.9.